The van der Waals surface area contributed by atoms with Crippen LogP contribution in [-0.2, 0) is 14.4 Å². The van der Waals surface area contributed by atoms with Gasteiger partial charge in [-0.1, -0.05) is 0 Å². The summed E-state index contributed by atoms with van der Waals surface area (Å²) in [6.07, 6.45) is 3.50. The maximum Gasteiger partial charge on any atom is 0.240 e. The molecule has 2 aliphatic rings. The second-order valence-electron chi connectivity index (χ2n) is 4.65. The monoisotopic (exact) mass is 225 g/mol. The molecule has 4 N–H and O–H groups in total. The molecule has 2 fully saturated rings. The molecule has 2 unspecified atom stereocenters. The van der Waals surface area contributed by atoms with Crippen LogP contribution in [0.1, 0.15) is 25.7 Å². The first kappa shape index (κ1) is 10.9. The number of rotatable bonds is 5. The number of carbonyl (C=O) groups is 3. The van der Waals surface area contributed by atoms with Gasteiger partial charge in [0.1, 0.15) is 6.04 Å². The third kappa shape index (κ3) is 2.00. The second-order valence-corrected chi connectivity index (χ2v) is 4.65. The van der Waals surface area contributed by atoms with Gasteiger partial charge in [0.25, 0.3) is 0 Å². The summed E-state index contributed by atoms with van der Waals surface area (Å²) < 4.78 is 0. The molecule has 0 aromatic rings. The van der Waals surface area contributed by atoms with Crippen molar-refractivity contribution in [2.45, 2.75) is 37.3 Å². The van der Waals surface area contributed by atoms with Crippen LogP contribution in [0.15, 0.2) is 0 Å². The highest BCUT2D eigenvalue weighted by Gasteiger charge is 2.52. The van der Waals surface area contributed by atoms with Crippen molar-refractivity contribution in [1.82, 2.24) is 10.6 Å². The zero-order chi connectivity index (χ0) is 11.8. The Morgan fingerprint density at radius 3 is 2.81 bits per heavy atom. The quantitative estimate of drug-likeness (QED) is 0.504. The van der Waals surface area contributed by atoms with E-state index in [2.05, 4.69) is 10.6 Å². The molecule has 88 valence electrons. The van der Waals surface area contributed by atoms with Crippen molar-refractivity contribution in [3.8, 4) is 0 Å². The summed E-state index contributed by atoms with van der Waals surface area (Å²) >= 11 is 0. The molecule has 0 aromatic heterocycles. The van der Waals surface area contributed by atoms with E-state index < -0.39 is 11.9 Å². The van der Waals surface area contributed by atoms with Gasteiger partial charge in [-0.25, -0.2) is 0 Å². The Hall–Kier alpha value is -1.59. The lowest BCUT2D eigenvalue weighted by atomic mass is 9.95. The lowest BCUT2D eigenvalue weighted by molar-refractivity contribution is -0.125. The molecule has 6 nitrogen and oxygen atoms in total. The molecule has 1 aliphatic carbocycles. The lowest BCUT2D eigenvalue weighted by Gasteiger charge is -2.15. The van der Waals surface area contributed by atoms with Crippen molar-refractivity contribution < 1.29 is 14.4 Å². The van der Waals surface area contributed by atoms with Gasteiger partial charge >= 0.3 is 0 Å². The lowest BCUT2D eigenvalue weighted by Crippen LogP contribution is -2.42. The van der Waals surface area contributed by atoms with Gasteiger partial charge in [0, 0.05) is 11.5 Å². The molecule has 6 heteroatoms. The molecule has 2 atom stereocenters. The van der Waals surface area contributed by atoms with E-state index >= 15 is 0 Å². The van der Waals surface area contributed by atoms with Gasteiger partial charge in [-0.05, 0) is 25.7 Å². The summed E-state index contributed by atoms with van der Waals surface area (Å²) in [4.78, 5) is 32.9. The van der Waals surface area contributed by atoms with Gasteiger partial charge in [-0.2, -0.15) is 0 Å². The molecule has 1 saturated carbocycles. The van der Waals surface area contributed by atoms with Gasteiger partial charge < -0.3 is 16.4 Å². The smallest absolute Gasteiger partial charge is 0.240 e. The van der Waals surface area contributed by atoms with Gasteiger partial charge in [0.2, 0.25) is 18.2 Å². The summed E-state index contributed by atoms with van der Waals surface area (Å²) in [6, 6.07) is -0.748. The number of nitrogens with one attached hydrogen (secondary N) is 2. The fourth-order valence-corrected chi connectivity index (χ4v) is 2.28. The first-order valence-corrected chi connectivity index (χ1v) is 5.37. The molecule has 0 aromatic carbocycles. The van der Waals surface area contributed by atoms with Crippen LogP contribution in [-0.4, -0.2) is 29.8 Å². The van der Waals surface area contributed by atoms with Crippen molar-refractivity contribution in [3.05, 3.63) is 0 Å². The van der Waals surface area contributed by atoms with Crippen LogP contribution in [0.2, 0.25) is 0 Å². The van der Waals surface area contributed by atoms with E-state index in [1.165, 1.54) is 0 Å². The number of hydrogen-bond acceptors (Lipinski definition) is 3. The first-order valence-electron chi connectivity index (χ1n) is 5.37. The fourth-order valence-electron chi connectivity index (χ4n) is 2.28. The average Bonchev–Trinajstić information content (AvgIpc) is 2.87. The van der Waals surface area contributed by atoms with Gasteiger partial charge in [0.05, 0.1) is 0 Å². The Bertz CT molecular complexity index is 338. The van der Waals surface area contributed by atoms with E-state index in [1.54, 1.807) is 0 Å². The highest BCUT2D eigenvalue weighted by atomic mass is 16.2. The number of nitrogens with two attached hydrogens (primary N) is 1. The normalized spacial score (nSPS) is 27.2. The van der Waals surface area contributed by atoms with E-state index in [1.807, 2.05) is 0 Å². The number of amides is 3. The van der Waals surface area contributed by atoms with Crippen LogP contribution >= 0.6 is 0 Å². The summed E-state index contributed by atoms with van der Waals surface area (Å²) in [6.45, 7) is 0. The molecule has 1 saturated heterocycles. The van der Waals surface area contributed by atoms with Gasteiger partial charge in [-0.3, -0.25) is 14.4 Å². The Morgan fingerprint density at radius 2 is 2.38 bits per heavy atom. The van der Waals surface area contributed by atoms with Gasteiger partial charge in [-0.15, -0.1) is 0 Å². The van der Waals surface area contributed by atoms with Crippen molar-refractivity contribution in [2.24, 2.45) is 11.7 Å². The van der Waals surface area contributed by atoms with E-state index in [-0.39, 0.29) is 17.4 Å². The third-order valence-electron chi connectivity index (χ3n) is 3.38. The van der Waals surface area contributed by atoms with E-state index in [9.17, 15) is 14.4 Å². The van der Waals surface area contributed by atoms with Crippen LogP contribution in [0.5, 0.6) is 0 Å². The number of carbonyl (C=O) groups excluding carboxylic acids is 3. The van der Waals surface area contributed by atoms with Crippen LogP contribution in [0.25, 0.3) is 0 Å². The molecule has 1 spiro atoms. The SMILES string of the molecule is NC(=O)C(CC1CC2(CC2)NC1=O)NC=O. The number of primary amides is 1. The van der Waals surface area contributed by atoms with E-state index in [4.69, 9.17) is 5.73 Å². The maximum absolute atomic E-state index is 11.6. The Balaban J connectivity index is 1.95. The minimum Gasteiger partial charge on any atom is -0.368 e. The second kappa shape index (κ2) is 3.77. The van der Waals surface area contributed by atoms with Crippen molar-refractivity contribution >= 4 is 18.2 Å². The maximum atomic E-state index is 11.6. The first-order chi connectivity index (χ1) is 7.56. The highest BCUT2D eigenvalue weighted by Crippen LogP contribution is 2.46. The van der Waals surface area contributed by atoms with Crippen molar-refractivity contribution in [3.63, 3.8) is 0 Å². The minimum atomic E-state index is -0.748. The Labute approximate surface area is 92.9 Å². The van der Waals surface area contributed by atoms with E-state index in [0.29, 0.717) is 12.8 Å². The predicted molar refractivity (Wildman–Crippen MR) is 55.0 cm³/mol. The summed E-state index contributed by atoms with van der Waals surface area (Å²) in [5.74, 6) is -0.847. The predicted octanol–water partition coefficient (Wildman–Crippen LogP) is -1.35. The fraction of sp³-hybridized carbons (Fsp3) is 0.700. The third-order valence-corrected chi connectivity index (χ3v) is 3.38. The minimum absolute atomic E-state index is 0.00880. The van der Waals surface area contributed by atoms with Crippen molar-refractivity contribution in [2.75, 3.05) is 0 Å². The van der Waals surface area contributed by atoms with Crippen LogP contribution < -0.4 is 16.4 Å². The zero-order valence-corrected chi connectivity index (χ0v) is 8.86. The topological polar surface area (TPSA) is 101 Å². The van der Waals surface area contributed by atoms with Gasteiger partial charge in [0.15, 0.2) is 0 Å². The van der Waals surface area contributed by atoms with Crippen LogP contribution in [0.3, 0.4) is 0 Å². The summed E-state index contributed by atoms with van der Waals surface area (Å²) in [5.41, 5.74) is 5.13. The average molecular weight is 225 g/mol. The highest BCUT2D eigenvalue weighted by molar-refractivity contribution is 5.86. The molecule has 2 rings (SSSR count). The molecule has 3 amide bonds. The molecular weight excluding hydrogens is 210 g/mol. The summed E-state index contributed by atoms with van der Waals surface area (Å²) in [5, 5.41) is 5.28. The molecular formula is C10H15N3O3. The number of hydrogen-bond donors (Lipinski definition) is 3. The zero-order valence-electron chi connectivity index (χ0n) is 8.86. The van der Waals surface area contributed by atoms with Crippen LogP contribution in [0, 0.1) is 5.92 Å². The molecule has 1 aliphatic heterocycles. The Morgan fingerprint density at radius 1 is 1.69 bits per heavy atom. The molecule has 16 heavy (non-hydrogen) atoms. The van der Waals surface area contributed by atoms with Crippen LogP contribution in [0.4, 0.5) is 0 Å². The molecule has 1 heterocycles. The molecule has 0 radical (unpaired) electrons. The Kier molecular flexibility index (Phi) is 2.57. The summed E-state index contributed by atoms with van der Waals surface area (Å²) in [7, 11) is 0. The van der Waals surface area contributed by atoms with Crippen molar-refractivity contribution in [1.29, 1.82) is 0 Å². The molecule has 0 bridgehead atoms. The largest absolute Gasteiger partial charge is 0.368 e. The van der Waals surface area contributed by atoms with E-state index in [0.717, 1.165) is 19.3 Å². The standard InChI is InChI=1S/C10H15N3O3/c11-8(15)7(12-5-14)3-6-4-10(1-2-10)13-9(6)16/h5-7H,1-4H2,(H2,11,15)(H,12,14)(H,13,16).